The first kappa shape index (κ1) is 17.1. The van der Waals surface area contributed by atoms with Crippen molar-refractivity contribution in [3.05, 3.63) is 69.3 Å². The molecule has 8 heteroatoms. The van der Waals surface area contributed by atoms with Gasteiger partial charge in [0.05, 0.1) is 10.6 Å². The molecule has 0 radical (unpaired) electrons. The molecular weight excluding hydrogens is 338 g/mol. The lowest BCUT2D eigenvalue weighted by Crippen LogP contribution is -2.01. The van der Waals surface area contributed by atoms with Gasteiger partial charge in [-0.3, -0.25) is 10.1 Å². The van der Waals surface area contributed by atoms with Gasteiger partial charge in [0.25, 0.3) is 5.69 Å². The van der Waals surface area contributed by atoms with Gasteiger partial charge in [0.2, 0.25) is 5.16 Å². The number of hydrogen-bond donors (Lipinski definition) is 0. The van der Waals surface area contributed by atoms with Crippen LogP contribution < -0.4 is 0 Å². The number of nitro groups is 1. The Morgan fingerprint density at radius 3 is 2.68 bits per heavy atom. The molecule has 7 nitrogen and oxygen atoms in total. The Balaban J connectivity index is 1.87. The van der Waals surface area contributed by atoms with Crippen LogP contribution in [0.1, 0.15) is 28.9 Å². The van der Waals surface area contributed by atoms with Crippen LogP contribution in [0.25, 0.3) is 5.69 Å². The largest absolute Gasteiger partial charge is 0.269 e. The Hall–Kier alpha value is -2.74. The van der Waals surface area contributed by atoms with E-state index in [1.165, 1.54) is 23.4 Å². The first-order valence-electron chi connectivity index (χ1n) is 7.72. The third kappa shape index (κ3) is 3.69. The van der Waals surface area contributed by atoms with E-state index in [-0.39, 0.29) is 15.9 Å². The standard InChI is InChI=1S/C17H17N5O2S/c1-11-7-8-15(9-12(11)2)21-17(18-19-20-21)25-13(3)14-5-4-6-16(10-14)22(23)24/h4-10,13H,1-3H3/t13-/m0/s1. The number of aromatic nitrogens is 4. The summed E-state index contributed by atoms with van der Waals surface area (Å²) in [5.74, 6) is 0. The highest BCUT2D eigenvalue weighted by Crippen LogP contribution is 2.35. The summed E-state index contributed by atoms with van der Waals surface area (Å²) in [5, 5.41) is 23.5. The van der Waals surface area contributed by atoms with Gasteiger partial charge in [-0.1, -0.05) is 30.0 Å². The zero-order chi connectivity index (χ0) is 18.0. The summed E-state index contributed by atoms with van der Waals surface area (Å²) < 4.78 is 1.69. The molecule has 0 saturated carbocycles. The number of benzene rings is 2. The normalized spacial score (nSPS) is 12.1. The van der Waals surface area contributed by atoms with Crippen molar-refractivity contribution >= 4 is 17.4 Å². The number of hydrogen-bond acceptors (Lipinski definition) is 6. The van der Waals surface area contributed by atoms with Gasteiger partial charge in [-0.25, -0.2) is 0 Å². The second-order valence-electron chi connectivity index (χ2n) is 5.75. The number of tetrazole rings is 1. The monoisotopic (exact) mass is 355 g/mol. The molecule has 1 atom stereocenters. The topological polar surface area (TPSA) is 86.7 Å². The molecule has 0 unspecified atom stereocenters. The minimum absolute atomic E-state index is 0.0313. The minimum atomic E-state index is -0.389. The molecule has 0 aliphatic heterocycles. The molecule has 25 heavy (non-hydrogen) atoms. The molecule has 0 fully saturated rings. The number of thioether (sulfide) groups is 1. The van der Waals surface area contributed by atoms with E-state index in [0.29, 0.717) is 5.16 Å². The average molecular weight is 355 g/mol. The lowest BCUT2D eigenvalue weighted by atomic mass is 10.1. The van der Waals surface area contributed by atoms with Gasteiger partial charge < -0.3 is 0 Å². The summed E-state index contributed by atoms with van der Waals surface area (Å²) in [6, 6.07) is 12.7. The van der Waals surface area contributed by atoms with Crippen LogP contribution in [0, 0.1) is 24.0 Å². The lowest BCUT2D eigenvalue weighted by molar-refractivity contribution is -0.384. The van der Waals surface area contributed by atoms with E-state index in [0.717, 1.165) is 16.8 Å². The van der Waals surface area contributed by atoms with Gasteiger partial charge in [-0.2, -0.15) is 4.68 Å². The molecule has 0 N–H and O–H groups in total. The SMILES string of the molecule is Cc1ccc(-n2nnnc2S[C@@H](C)c2cccc([N+](=O)[O-])c2)cc1C. The van der Waals surface area contributed by atoms with Gasteiger partial charge in [0.15, 0.2) is 0 Å². The van der Waals surface area contributed by atoms with Crippen LogP contribution in [0.5, 0.6) is 0 Å². The van der Waals surface area contributed by atoms with Crippen molar-refractivity contribution in [1.29, 1.82) is 0 Å². The molecule has 0 saturated heterocycles. The van der Waals surface area contributed by atoms with Crippen molar-refractivity contribution in [1.82, 2.24) is 20.2 Å². The fourth-order valence-electron chi connectivity index (χ4n) is 2.39. The molecule has 128 valence electrons. The van der Waals surface area contributed by atoms with Crippen molar-refractivity contribution in [3.8, 4) is 5.69 Å². The first-order valence-corrected chi connectivity index (χ1v) is 8.60. The first-order chi connectivity index (χ1) is 12.0. The molecule has 2 aromatic carbocycles. The maximum atomic E-state index is 11.0. The Labute approximate surface area is 149 Å². The molecule has 0 bridgehead atoms. The predicted molar refractivity (Wildman–Crippen MR) is 96.0 cm³/mol. The van der Waals surface area contributed by atoms with Crippen LogP contribution in [0.2, 0.25) is 0 Å². The number of non-ortho nitro benzene ring substituents is 1. The van der Waals surface area contributed by atoms with E-state index in [1.807, 2.05) is 38.1 Å². The van der Waals surface area contributed by atoms with Crippen molar-refractivity contribution < 1.29 is 4.92 Å². The average Bonchev–Trinajstić information content (AvgIpc) is 3.05. The minimum Gasteiger partial charge on any atom is -0.258 e. The van der Waals surface area contributed by atoms with Crippen LogP contribution in [-0.2, 0) is 0 Å². The third-order valence-electron chi connectivity index (χ3n) is 4.01. The summed E-state index contributed by atoms with van der Waals surface area (Å²) in [7, 11) is 0. The summed E-state index contributed by atoms with van der Waals surface area (Å²) in [6.45, 7) is 6.07. The van der Waals surface area contributed by atoms with Crippen molar-refractivity contribution in [3.63, 3.8) is 0 Å². The van der Waals surface area contributed by atoms with Crippen molar-refractivity contribution in [2.75, 3.05) is 0 Å². The van der Waals surface area contributed by atoms with Crippen LogP contribution in [-0.4, -0.2) is 25.1 Å². The summed E-state index contributed by atoms with van der Waals surface area (Å²) in [5.41, 5.74) is 4.20. The van der Waals surface area contributed by atoms with E-state index in [1.54, 1.807) is 16.8 Å². The van der Waals surface area contributed by atoms with Gasteiger partial charge in [-0.15, -0.1) is 5.10 Å². The summed E-state index contributed by atoms with van der Waals surface area (Å²) >= 11 is 1.46. The Morgan fingerprint density at radius 1 is 1.16 bits per heavy atom. The lowest BCUT2D eigenvalue weighted by Gasteiger charge is -2.12. The maximum absolute atomic E-state index is 11.0. The molecule has 3 rings (SSSR count). The Kier molecular flexibility index (Phi) is 4.80. The van der Waals surface area contributed by atoms with Gasteiger partial charge in [0, 0.05) is 17.4 Å². The van der Waals surface area contributed by atoms with Crippen LogP contribution in [0.3, 0.4) is 0 Å². The van der Waals surface area contributed by atoms with Crippen LogP contribution in [0.15, 0.2) is 47.6 Å². The fraction of sp³-hybridized carbons (Fsp3) is 0.235. The molecule has 1 heterocycles. The zero-order valence-corrected chi connectivity index (χ0v) is 14.9. The number of nitrogens with zero attached hydrogens (tertiary/aromatic N) is 5. The molecule has 3 aromatic rings. The molecule has 0 aliphatic carbocycles. The zero-order valence-electron chi connectivity index (χ0n) is 14.1. The number of nitro benzene ring substituents is 1. The third-order valence-corrected chi connectivity index (χ3v) is 5.10. The summed E-state index contributed by atoms with van der Waals surface area (Å²) in [6.07, 6.45) is 0. The number of rotatable bonds is 5. The quantitative estimate of drug-likeness (QED) is 0.390. The highest BCUT2D eigenvalue weighted by Gasteiger charge is 2.17. The highest BCUT2D eigenvalue weighted by atomic mass is 32.2. The van der Waals surface area contributed by atoms with E-state index in [4.69, 9.17) is 0 Å². The maximum Gasteiger partial charge on any atom is 0.269 e. The molecular formula is C17H17N5O2S. The smallest absolute Gasteiger partial charge is 0.258 e. The molecule has 0 amide bonds. The molecule has 0 aliphatic rings. The second-order valence-corrected chi connectivity index (χ2v) is 7.06. The predicted octanol–water partition coefficient (Wildman–Crippen LogP) is 4.04. The summed E-state index contributed by atoms with van der Waals surface area (Å²) in [4.78, 5) is 10.6. The van der Waals surface area contributed by atoms with Gasteiger partial charge in [-0.05, 0) is 60.0 Å². The van der Waals surface area contributed by atoms with Crippen LogP contribution >= 0.6 is 11.8 Å². The van der Waals surface area contributed by atoms with Crippen LogP contribution in [0.4, 0.5) is 5.69 Å². The molecule has 0 spiro atoms. The van der Waals surface area contributed by atoms with E-state index in [2.05, 4.69) is 22.4 Å². The molecule has 1 aromatic heterocycles. The van der Waals surface area contributed by atoms with Crippen molar-refractivity contribution in [2.24, 2.45) is 0 Å². The van der Waals surface area contributed by atoms with Crippen molar-refractivity contribution in [2.45, 2.75) is 31.2 Å². The van der Waals surface area contributed by atoms with E-state index >= 15 is 0 Å². The fourth-order valence-corrected chi connectivity index (χ4v) is 3.31. The van der Waals surface area contributed by atoms with E-state index in [9.17, 15) is 10.1 Å². The van der Waals surface area contributed by atoms with Gasteiger partial charge in [0.1, 0.15) is 0 Å². The Bertz CT molecular complexity index is 925. The second kappa shape index (κ2) is 7.02. The van der Waals surface area contributed by atoms with E-state index < -0.39 is 0 Å². The van der Waals surface area contributed by atoms with Gasteiger partial charge >= 0.3 is 0 Å². The number of aryl methyl sites for hydroxylation is 2. The highest BCUT2D eigenvalue weighted by molar-refractivity contribution is 7.99. The Morgan fingerprint density at radius 2 is 1.96 bits per heavy atom.